The summed E-state index contributed by atoms with van der Waals surface area (Å²) in [6.07, 6.45) is -0.863. The second kappa shape index (κ2) is 8.43. The molecule has 2 aromatic carbocycles. The van der Waals surface area contributed by atoms with Gasteiger partial charge in [0, 0.05) is 11.9 Å². The monoisotopic (exact) mass is 400 g/mol. The van der Waals surface area contributed by atoms with Gasteiger partial charge in [-0.05, 0) is 31.2 Å². The van der Waals surface area contributed by atoms with Gasteiger partial charge in [-0.3, -0.25) is 9.59 Å². The topological polar surface area (TPSA) is 67.4 Å². The third-order valence-corrected chi connectivity index (χ3v) is 3.94. The Morgan fingerprint density at radius 1 is 1.04 bits per heavy atom. The summed E-state index contributed by atoms with van der Waals surface area (Å²) in [6, 6.07) is 9.75. The molecule has 0 unspecified atom stereocenters. The molecule has 0 aliphatic heterocycles. The van der Waals surface area contributed by atoms with Crippen molar-refractivity contribution in [1.82, 2.24) is 0 Å². The molecule has 2 N–H and O–H groups in total. The quantitative estimate of drug-likeness (QED) is 0.740. The van der Waals surface area contributed by atoms with E-state index >= 15 is 0 Å². The predicted molar refractivity (Wildman–Crippen MR) is 101 cm³/mol. The molecule has 0 heterocycles. The van der Waals surface area contributed by atoms with Crippen LogP contribution in [-0.2, 0) is 9.59 Å². The number of ether oxygens (including phenoxy) is 1. The van der Waals surface area contributed by atoms with Crippen molar-refractivity contribution in [2.45, 2.75) is 20.0 Å². The third-order valence-electron chi connectivity index (χ3n) is 3.13. The average Bonchev–Trinajstić information content (AvgIpc) is 2.52. The Balaban J connectivity index is 2.13. The number of carbonyl (C=O) groups is 2. The molecule has 0 fully saturated rings. The van der Waals surface area contributed by atoms with Gasteiger partial charge < -0.3 is 15.4 Å². The van der Waals surface area contributed by atoms with Crippen LogP contribution in [-0.4, -0.2) is 17.9 Å². The van der Waals surface area contributed by atoms with Crippen molar-refractivity contribution in [3.8, 4) is 5.75 Å². The molecule has 2 aromatic rings. The lowest BCUT2D eigenvalue weighted by atomic mass is 10.2. The summed E-state index contributed by atoms with van der Waals surface area (Å²) in [5, 5.41) is 6.05. The fourth-order valence-corrected chi connectivity index (χ4v) is 2.90. The van der Waals surface area contributed by atoms with Crippen molar-refractivity contribution >= 4 is 58.0 Å². The number of halogens is 3. The van der Waals surface area contributed by atoms with E-state index in [0.717, 1.165) is 0 Å². The number of hydrogen-bond donors (Lipinski definition) is 2. The normalized spacial score (nSPS) is 11.6. The Morgan fingerprint density at radius 3 is 2.24 bits per heavy atom. The molecule has 8 heteroatoms. The standard InChI is InChI=1S/C17H15Cl3N2O3/c1-9(25-15-6-4-3-5-14(15)21-10(2)23)17(24)22-16-12(19)7-11(18)8-13(16)20/h3-9H,1-2H3,(H,21,23)(H,22,24)/t9-/m0/s1. The summed E-state index contributed by atoms with van der Waals surface area (Å²) in [5.41, 5.74) is 0.723. The van der Waals surface area contributed by atoms with Crippen molar-refractivity contribution in [2.75, 3.05) is 10.6 Å². The lowest BCUT2D eigenvalue weighted by Gasteiger charge is -2.18. The van der Waals surface area contributed by atoms with Crippen LogP contribution in [0.25, 0.3) is 0 Å². The molecule has 132 valence electrons. The second-order valence-corrected chi connectivity index (χ2v) is 6.42. The average molecular weight is 402 g/mol. The fourth-order valence-electron chi connectivity index (χ4n) is 1.99. The maximum Gasteiger partial charge on any atom is 0.265 e. The van der Waals surface area contributed by atoms with Crippen molar-refractivity contribution in [3.63, 3.8) is 0 Å². The largest absolute Gasteiger partial charge is 0.479 e. The zero-order valence-electron chi connectivity index (χ0n) is 13.4. The molecule has 5 nitrogen and oxygen atoms in total. The van der Waals surface area contributed by atoms with Gasteiger partial charge in [0.15, 0.2) is 6.10 Å². The number of anilines is 2. The molecule has 2 rings (SSSR count). The molecule has 0 spiro atoms. The molecular formula is C17H15Cl3N2O3. The predicted octanol–water partition coefficient (Wildman–Crippen LogP) is 5.01. The molecule has 0 aliphatic rings. The van der Waals surface area contributed by atoms with Crippen LogP contribution in [0.2, 0.25) is 15.1 Å². The van der Waals surface area contributed by atoms with E-state index in [1.54, 1.807) is 31.2 Å². The van der Waals surface area contributed by atoms with Gasteiger partial charge in [0.05, 0.1) is 21.4 Å². The SMILES string of the molecule is CC(=O)Nc1ccccc1O[C@@H](C)C(=O)Nc1c(Cl)cc(Cl)cc1Cl. The minimum Gasteiger partial charge on any atom is -0.479 e. The second-order valence-electron chi connectivity index (χ2n) is 5.17. The van der Waals surface area contributed by atoms with Crippen LogP contribution >= 0.6 is 34.8 Å². The third kappa shape index (κ3) is 5.26. The van der Waals surface area contributed by atoms with Gasteiger partial charge in [0.2, 0.25) is 5.91 Å². The molecule has 25 heavy (non-hydrogen) atoms. The number of carbonyl (C=O) groups excluding carboxylic acids is 2. The highest BCUT2D eigenvalue weighted by atomic mass is 35.5. The number of hydrogen-bond acceptors (Lipinski definition) is 3. The molecule has 0 saturated carbocycles. The molecule has 0 bridgehead atoms. The van der Waals surface area contributed by atoms with E-state index in [2.05, 4.69) is 10.6 Å². The number of nitrogens with one attached hydrogen (secondary N) is 2. The van der Waals surface area contributed by atoms with Crippen LogP contribution in [0.5, 0.6) is 5.75 Å². The van der Waals surface area contributed by atoms with Crippen LogP contribution in [0.1, 0.15) is 13.8 Å². The van der Waals surface area contributed by atoms with Crippen molar-refractivity contribution in [2.24, 2.45) is 0 Å². The highest BCUT2D eigenvalue weighted by Crippen LogP contribution is 2.34. The van der Waals surface area contributed by atoms with Gasteiger partial charge in [-0.2, -0.15) is 0 Å². The first-order chi connectivity index (χ1) is 11.8. The van der Waals surface area contributed by atoms with Gasteiger partial charge in [0.1, 0.15) is 5.75 Å². The maximum atomic E-state index is 12.4. The summed E-state index contributed by atoms with van der Waals surface area (Å²) in [6.45, 7) is 2.95. The Labute approximate surface area is 160 Å². The van der Waals surface area contributed by atoms with Crippen LogP contribution < -0.4 is 15.4 Å². The van der Waals surface area contributed by atoms with E-state index in [0.29, 0.717) is 16.5 Å². The minimum atomic E-state index is -0.863. The number of para-hydroxylation sites is 2. The van der Waals surface area contributed by atoms with Crippen molar-refractivity contribution in [3.05, 3.63) is 51.5 Å². The Kier molecular flexibility index (Phi) is 6.53. The Hall–Kier alpha value is -1.95. The summed E-state index contributed by atoms with van der Waals surface area (Å²) in [4.78, 5) is 23.6. The fraction of sp³-hybridized carbons (Fsp3) is 0.176. The smallest absolute Gasteiger partial charge is 0.265 e. The van der Waals surface area contributed by atoms with E-state index in [4.69, 9.17) is 39.5 Å². The van der Waals surface area contributed by atoms with Crippen LogP contribution in [0.3, 0.4) is 0 Å². The van der Waals surface area contributed by atoms with Gasteiger partial charge in [-0.15, -0.1) is 0 Å². The van der Waals surface area contributed by atoms with Gasteiger partial charge in [-0.25, -0.2) is 0 Å². The lowest BCUT2D eigenvalue weighted by Crippen LogP contribution is -2.30. The number of rotatable bonds is 5. The highest BCUT2D eigenvalue weighted by molar-refractivity contribution is 6.42. The first-order valence-corrected chi connectivity index (χ1v) is 8.40. The van der Waals surface area contributed by atoms with Gasteiger partial charge >= 0.3 is 0 Å². The molecule has 0 radical (unpaired) electrons. The molecular weight excluding hydrogens is 387 g/mol. The number of amides is 2. The van der Waals surface area contributed by atoms with Crippen LogP contribution in [0.15, 0.2) is 36.4 Å². The first-order valence-electron chi connectivity index (χ1n) is 7.26. The molecule has 0 aliphatic carbocycles. The van der Waals surface area contributed by atoms with Crippen LogP contribution in [0, 0.1) is 0 Å². The summed E-state index contributed by atoms with van der Waals surface area (Å²) in [7, 11) is 0. The van der Waals surface area contributed by atoms with E-state index < -0.39 is 12.0 Å². The van der Waals surface area contributed by atoms with E-state index in [1.807, 2.05) is 0 Å². The molecule has 0 saturated heterocycles. The summed E-state index contributed by atoms with van der Waals surface area (Å²) >= 11 is 18.0. The number of benzene rings is 2. The van der Waals surface area contributed by atoms with Gasteiger partial charge in [-0.1, -0.05) is 46.9 Å². The summed E-state index contributed by atoms with van der Waals surface area (Å²) in [5.74, 6) is -0.328. The summed E-state index contributed by atoms with van der Waals surface area (Å²) < 4.78 is 5.64. The zero-order chi connectivity index (χ0) is 18.6. The molecule has 0 aromatic heterocycles. The van der Waals surface area contributed by atoms with Crippen LogP contribution in [0.4, 0.5) is 11.4 Å². The minimum absolute atomic E-state index is 0.219. The first kappa shape index (κ1) is 19.4. The zero-order valence-corrected chi connectivity index (χ0v) is 15.7. The van der Waals surface area contributed by atoms with E-state index in [1.165, 1.54) is 19.1 Å². The van der Waals surface area contributed by atoms with Gasteiger partial charge in [0.25, 0.3) is 5.91 Å². The molecule has 1 atom stereocenters. The highest BCUT2D eigenvalue weighted by Gasteiger charge is 2.19. The molecule has 2 amide bonds. The Morgan fingerprint density at radius 2 is 1.64 bits per heavy atom. The van der Waals surface area contributed by atoms with E-state index in [-0.39, 0.29) is 21.6 Å². The lowest BCUT2D eigenvalue weighted by molar-refractivity contribution is -0.122. The van der Waals surface area contributed by atoms with Crippen molar-refractivity contribution in [1.29, 1.82) is 0 Å². The van der Waals surface area contributed by atoms with E-state index in [9.17, 15) is 9.59 Å². The Bertz CT molecular complexity index is 788. The maximum absolute atomic E-state index is 12.4. The van der Waals surface area contributed by atoms with Crippen molar-refractivity contribution < 1.29 is 14.3 Å².